The summed E-state index contributed by atoms with van der Waals surface area (Å²) in [5.74, 6) is -0.367. The van der Waals surface area contributed by atoms with E-state index in [1.165, 1.54) is 20.8 Å². The number of rotatable bonds is 4. The predicted octanol–water partition coefficient (Wildman–Crippen LogP) is 4.37. The van der Waals surface area contributed by atoms with E-state index < -0.39 is 17.3 Å². The van der Waals surface area contributed by atoms with Crippen molar-refractivity contribution in [2.75, 3.05) is 0 Å². The van der Waals surface area contributed by atoms with Gasteiger partial charge in [-0.15, -0.1) is 0 Å². The van der Waals surface area contributed by atoms with Crippen LogP contribution in [0.4, 0.5) is 0 Å². The standard InChI is InChI=1S/C26H40O7/c1-14(2)19-9-11-25(7,32-17(5)28)23-21-13-15(3)20(30-16(4)27)10-12-26(8,33-18(6)29)24(31-21)22(19)23/h14,19-24H,3,9-13H2,1-2,4-8H3/t19-,20+,21-,22-,23-,24-,25-,26-/m1/s1. The second kappa shape index (κ2) is 9.40. The third-order valence-corrected chi connectivity index (χ3v) is 8.00. The van der Waals surface area contributed by atoms with Crippen molar-refractivity contribution in [1.29, 1.82) is 0 Å². The lowest BCUT2D eigenvalue weighted by Crippen LogP contribution is -2.56. The van der Waals surface area contributed by atoms with Crippen LogP contribution in [0.3, 0.4) is 0 Å². The Labute approximate surface area is 197 Å². The van der Waals surface area contributed by atoms with Gasteiger partial charge in [0.1, 0.15) is 23.4 Å². The summed E-state index contributed by atoms with van der Waals surface area (Å²) in [5.41, 5.74) is -0.832. The average molecular weight is 465 g/mol. The molecule has 1 aliphatic carbocycles. The molecular weight excluding hydrogens is 424 g/mol. The molecule has 2 bridgehead atoms. The van der Waals surface area contributed by atoms with Gasteiger partial charge in [-0.25, -0.2) is 0 Å². The zero-order chi connectivity index (χ0) is 24.7. The molecule has 0 aromatic carbocycles. The summed E-state index contributed by atoms with van der Waals surface area (Å²) in [6.45, 7) is 16.8. The van der Waals surface area contributed by atoms with Gasteiger partial charge in [0.25, 0.3) is 0 Å². The fraction of sp³-hybridized carbons (Fsp3) is 0.808. The fourth-order valence-electron chi connectivity index (χ4n) is 6.79. The molecule has 2 aliphatic heterocycles. The van der Waals surface area contributed by atoms with Crippen molar-refractivity contribution in [1.82, 2.24) is 0 Å². The molecule has 2 saturated heterocycles. The molecule has 0 unspecified atom stereocenters. The maximum absolute atomic E-state index is 12.2. The molecule has 0 radical (unpaired) electrons. The van der Waals surface area contributed by atoms with Crippen LogP contribution >= 0.6 is 0 Å². The van der Waals surface area contributed by atoms with Gasteiger partial charge < -0.3 is 18.9 Å². The van der Waals surface area contributed by atoms with Crippen molar-refractivity contribution in [3.63, 3.8) is 0 Å². The maximum Gasteiger partial charge on any atom is 0.303 e. The third kappa shape index (κ3) is 5.13. The van der Waals surface area contributed by atoms with Crippen LogP contribution in [0.15, 0.2) is 12.2 Å². The van der Waals surface area contributed by atoms with Gasteiger partial charge in [0.05, 0.1) is 6.10 Å². The minimum Gasteiger partial charge on any atom is -0.459 e. The SMILES string of the molecule is C=C1C[C@H]2O[C@H]([C@H]3[C@@H]2[C@](C)(OC(C)=O)CC[C@@H]3C(C)C)[C@](C)(OC(C)=O)CC[C@@H]1OC(C)=O. The summed E-state index contributed by atoms with van der Waals surface area (Å²) < 4.78 is 24.3. The fourth-order valence-corrected chi connectivity index (χ4v) is 6.79. The highest BCUT2D eigenvalue weighted by molar-refractivity contribution is 5.67. The zero-order valence-corrected chi connectivity index (χ0v) is 21.1. The Morgan fingerprint density at radius 2 is 1.55 bits per heavy atom. The molecule has 3 rings (SSSR count). The summed E-state index contributed by atoms with van der Waals surface area (Å²) in [7, 11) is 0. The average Bonchev–Trinajstić information content (AvgIpc) is 3.05. The smallest absolute Gasteiger partial charge is 0.303 e. The molecule has 1 saturated carbocycles. The van der Waals surface area contributed by atoms with E-state index in [9.17, 15) is 14.4 Å². The van der Waals surface area contributed by atoms with E-state index in [-0.39, 0.29) is 42.0 Å². The molecule has 0 aromatic heterocycles. The Morgan fingerprint density at radius 3 is 2.09 bits per heavy atom. The first-order valence-corrected chi connectivity index (χ1v) is 12.2. The van der Waals surface area contributed by atoms with E-state index in [1.807, 2.05) is 13.8 Å². The van der Waals surface area contributed by atoms with Crippen molar-refractivity contribution >= 4 is 17.9 Å². The Morgan fingerprint density at radius 1 is 0.970 bits per heavy atom. The van der Waals surface area contributed by atoms with Gasteiger partial charge in [-0.3, -0.25) is 14.4 Å². The highest BCUT2D eigenvalue weighted by Crippen LogP contribution is 2.58. The van der Waals surface area contributed by atoms with E-state index in [4.69, 9.17) is 18.9 Å². The number of ether oxygens (including phenoxy) is 4. The van der Waals surface area contributed by atoms with E-state index in [1.54, 1.807) is 0 Å². The lowest BCUT2D eigenvalue weighted by atomic mass is 9.57. The molecule has 0 spiro atoms. The predicted molar refractivity (Wildman–Crippen MR) is 122 cm³/mol. The van der Waals surface area contributed by atoms with E-state index in [0.29, 0.717) is 31.1 Å². The minimum absolute atomic E-state index is 0.0514. The lowest BCUT2D eigenvalue weighted by Gasteiger charge is -2.50. The van der Waals surface area contributed by atoms with Crippen molar-refractivity contribution in [3.8, 4) is 0 Å². The van der Waals surface area contributed by atoms with E-state index >= 15 is 0 Å². The first-order chi connectivity index (χ1) is 15.3. The Balaban J connectivity index is 2.12. The second-order valence-electron chi connectivity index (χ2n) is 11.0. The van der Waals surface area contributed by atoms with Gasteiger partial charge in [-0.2, -0.15) is 0 Å². The maximum atomic E-state index is 12.2. The number of hydrogen-bond acceptors (Lipinski definition) is 7. The van der Waals surface area contributed by atoms with Crippen LogP contribution in [0, 0.1) is 23.7 Å². The lowest BCUT2D eigenvalue weighted by molar-refractivity contribution is -0.182. The van der Waals surface area contributed by atoms with Gasteiger partial charge in [0.15, 0.2) is 0 Å². The quantitative estimate of drug-likeness (QED) is 0.347. The molecule has 0 N–H and O–H groups in total. The highest BCUT2D eigenvalue weighted by atomic mass is 16.6. The summed E-state index contributed by atoms with van der Waals surface area (Å²) in [6.07, 6.45) is 1.98. The van der Waals surface area contributed by atoms with E-state index in [2.05, 4.69) is 20.4 Å². The van der Waals surface area contributed by atoms with Crippen LogP contribution in [-0.2, 0) is 33.3 Å². The Hall–Kier alpha value is -1.89. The van der Waals surface area contributed by atoms with Crippen LogP contribution in [0.5, 0.6) is 0 Å². The monoisotopic (exact) mass is 464 g/mol. The summed E-state index contributed by atoms with van der Waals surface area (Å²) in [5, 5.41) is 0. The van der Waals surface area contributed by atoms with Gasteiger partial charge in [0.2, 0.25) is 0 Å². The number of hydrogen-bond donors (Lipinski definition) is 0. The third-order valence-electron chi connectivity index (χ3n) is 8.00. The van der Waals surface area contributed by atoms with E-state index in [0.717, 1.165) is 18.4 Å². The molecule has 7 nitrogen and oxygen atoms in total. The van der Waals surface area contributed by atoms with Crippen molar-refractivity contribution in [2.24, 2.45) is 23.7 Å². The molecular formula is C26H40O7. The molecule has 8 atom stereocenters. The molecule has 0 amide bonds. The van der Waals surface area contributed by atoms with Crippen LogP contribution in [0.1, 0.15) is 80.6 Å². The molecule has 33 heavy (non-hydrogen) atoms. The van der Waals surface area contributed by atoms with Gasteiger partial charge >= 0.3 is 17.9 Å². The van der Waals surface area contributed by atoms with Gasteiger partial charge in [-0.1, -0.05) is 20.4 Å². The number of fused-ring (bicyclic) bond motifs is 5. The molecule has 186 valence electrons. The summed E-state index contributed by atoms with van der Waals surface area (Å²) >= 11 is 0. The topological polar surface area (TPSA) is 88.1 Å². The van der Waals surface area contributed by atoms with Crippen molar-refractivity contribution in [3.05, 3.63) is 12.2 Å². The molecule has 2 heterocycles. The zero-order valence-electron chi connectivity index (χ0n) is 21.1. The normalized spacial score (nSPS) is 40.8. The largest absolute Gasteiger partial charge is 0.459 e. The van der Waals surface area contributed by atoms with Crippen molar-refractivity contribution in [2.45, 2.75) is 110 Å². The van der Waals surface area contributed by atoms with Crippen LogP contribution in [0.2, 0.25) is 0 Å². The van der Waals surface area contributed by atoms with Gasteiger partial charge in [0, 0.05) is 32.6 Å². The first kappa shape index (κ1) is 25.7. The minimum atomic E-state index is -0.909. The second-order valence-corrected chi connectivity index (χ2v) is 11.0. The van der Waals surface area contributed by atoms with Gasteiger partial charge in [-0.05, 0) is 63.4 Å². The Kier molecular flexibility index (Phi) is 7.33. The summed E-state index contributed by atoms with van der Waals surface area (Å²) in [4.78, 5) is 36.1. The molecule has 0 aromatic rings. The molecule has 3 aliphatic rings. The summed E-state index contributed by atoms with van der Waals surface area (Å²) in [6, 6.07) is 0. The number of carbonyl (C=O) groups excluding carboxylic acids is 3. The molecule has 7 heteroatoms. The van der Waals surface area contributed by atoms with Crippen molar-refractivity contribution < 1.29 is 33.3 Å². The number of esters is 3. The number of carbonyl (C=O) groups is 3. The highest BCUT2D eigenvalue weighted by Gasteiger charge is 2.64. The first-order valence-electron chi connectivity index (χ1n) is 12.2. The van der Waals surface area contributed by atoms with Crippen LogP contribution in [-0.4, -0.2) is 47.4 Å². The molecule has 3 fully saturated rings. The Bertz CT molecular complexity index is 804. The van der Waals surface area contributed by atoms with Crippen LogP contribution in [0.25, 0.3) is 0 Å². The van der Waals surface area contributed by atoms with Crippen LogP contribution < -0.4 is 0 Å².